The Labute approximate surface area is 107 Å². The number of rotatable bonds is 2. The lowest BCUT2D eigenvalue weighted by molar-refractivity contribution is 0.102. The van der Waals surface area contributed by atoms with E-state index in [1.54, 1.807) is 24.3 Å². The fraction of sp³-hybridized carbons (Fsp3) is 0. The Balaban J connectivity index is 2.19. The monoisotopic (exact) mass is 293 g/mol. The number of carbonyl (C=O) groups excluding carboxylic acids is 1. The normalized spacial score (nSPS) is 10.0. The van der Waals surface area contributed by atoms with Gasteiger partial charge in [0.1, 0.15) is 5.82 Å². The summed E-state index contributed by atoms with van der Waals surface area (Å²) in [5.41, 5.74) is 1.10. The first-order chi connectivity index (χ1) is 8.16. The predicted molar refractivity (Wildman–Crippen MR) is 68.5 cm³/mol. The summed E-state index contributed by atoms with van der Waals surface area (Å²) in [5.74, 6) is -0.576. The van der Waals surface area contributed by atoms with E-state index in [0.29, 0.717) is 15.7 Å². The van der Waals surface area contributed by atoms with Crippen molar-refractivity contribution in [3.63, 3.8) is 0 Å². The van der Waals surface area contributed by atoms with Gasteiger partial charge in [0.25, 0.3) is 5.91 Å². The van der Waals surface area contributed by atoms with E-state index < -0.39 is 0 Å². The molecule has 17 heavy (non-hydrogen) atoms. The van der Waals surface area contributed by atoms with Crippen LogP contribution in [-0.2, 0) is 0 Å². The van der Waals surface area contributed by atoms with Gasteiger partial charge in [0.2, 0.25) is 0 Å². The second-order valence-corrected chi connectivity index (χ2v) is 4.30. The minimum Gasteiger partial charge on any atom is -0.321 e. The zero-order chi connectivity index (χ0) is 12.3. The second kappa shape index (κ2) is 5.10. The molecule has 1 amide bonds. The number of nitrogens with one attached hydrogen (secondary N) is 1. The molecule has 4 heteroatoms. The molecular weight excluding hydrogens is 285 g/mol. The molecule has 0 unspecified atom stereocenters. The fourth-order valence-corrected chi connectivity index (χ4v) is 1.82. The first-order valence-electron chi connectivity index (χ1n) is 4.98. The average Bonchev–Trinajstić information content (AvgIpc) is 2.34. The quantitative estimate of drug-likeness (QED) is 0.895. The molecule has 2 aromatic carbocycles. The summed E-state index contributed by atoms with van der Waals surface area (Å²) in [6, 6.07) is 13.0. The van der Waals surface area contributed by atoms with E-state index in [2.05, 4.69) is 21.2 Å². The zero-order valence-electron chi connectivity index (χ0n) is 8.78. The van der Waals surface area contributed by atoms with Gasteiger partial charge in [0.05, 0.1) is 5.69 Å². The van der Waals surface area contributed by atoms with Gasteiger partial charge in [0, 0.05) is 10.0 Å². The number of hydrogen-bond acceptors (Lipinski definition) is 1. The molecule has 2 rings (SSSR count). The standard InChI is InChI=1S/C13H9BrFNO/c14-11-8-10(15)6-7-12(11)16-13(17)9-4-2-1-3-5-9/h1-8H,(H,16,17). The topological polar surface area (TPSA) is 29.1 Å². The summed E-state index contributed by atoms with van der Waals surface area (Å²) in [4.78, 5) is 11.8. The van der Waals surface area contributed by atoms with Gasteiger partial charge < -0.3 is 5.32 Å². The lowest BCUT2D eigenvalue weighted by Crippen LogP contribution is -2.12. The number of halogens is 2. The van der Waals surface area contributed by atoms with Crippen LogP contribution in [0, 0.1) is 5.82 Å². The summed E-state index contributed by atoms with van der Waals surface area (Å²) < 4.78 is 13.4. The number of benzene rings is 2. The first kappa shape index (κ1) is 11.8. The molecule has 1 N–H and O–H groups in total. The molecule has 0 aliphatic heterocycles. The highest BCUT2D eigenvalue weighted by atomic mass is 79.9. The molecule has 0 spiro atoms. The molecule has 0 saturated carbocycles. The Bertz CT molecular complexity index is 542. The Morgan fingerprint density at radius 3 is 2.47 bits per heavy atom. The summed E-state index contributed by atoms with van der Waals surface area (Å²) in [6.07, 6.45) is 0. The third kappa shape index (κ3) is 2.91. The number of hydrogen-bond donors (Lipinski definition) is 1. The van der Waals surface area contributed by atoms with Crippen LogP contribution in [0.5, 0.6) is 0 Å². The van der Waals surface area contributed by atoms with Crippen molar-refractivity contribution < 1.29 is 9.18 Å². The zero-order valence-corrected chi connectivity index (χ0v) is 10.4. The van der Waals surface area contributed by atoms with E-state index in [9.17, 15) is 9.18 Å². The van der Waals surface area contributed by atoms with Gasteiger partial charge in [-0.2, -0.15) is 0 Å². The molecule has 0 heterocycles. The number of anilines is 1. The molecule has 0 fully saturated rings. The van der Waals surface area contributed by atoms with Crippen molar-refractivity contribution in [1.82, 2.24) is 0 Å². The van der Waals surface area contributed by atoms with E-state index >= 15 is 0 Å². The largest absolute Gasteiger partial charge is 0.321 e. The van der Waals surface area contributed by atoms with Crippen LogP contribution in [-0.4, -0.2) is 5.91 Å². The van der Waals surface area contributed by atoms with Crippen LogP contribution in [0.25, 0.3) is 0 Å². The van der Waals surface area contributed by atoms with Crippen molar-refractivity contribution in [2.45, 2.75) is 0 Å². The van der Waals surface area contributed by atoms with Gasteiger partial charge in [-0.25, -0.2) is 4.39 Å². The van der Waals surface area contributed by atoms with Crippen LogP contribution in [0.2, 0.25) is 0 Å². The Kier molecular flexibility index (Phi) is 3.54. The summed E-state index contributed by atoms with van der Waals surface area (Å²) in [6.45, 7) is 0. The maximum atomic E-state index is 12.9. The maximum Gasteiger partial charge on any atom is 0.255 e. The van der Waals surface area contributed by atoms with Crippen molar-refractivity contribution in [2.75, 3.05) is 5.32 Å². The highest BCUT2D eigenvalue weighted by molar-refractivity contribution is 9.10. The molecule has 0 atom stereocenters. The lowest BCUT2D eigenvalue weighted by Gasteiger charge is -2.07. The van der Waals surface area contributed by atoms with Gasteiger partial charge in [0.15, 0.2) is 0 Å². The molecule has 2 aromatic rings. The molecule has 0 aromatic heterocycles. The van der Waals surface area contributed by atoms with Crippen molar-refractivity contribution in [2.24, 2.45) is 0 Å². The molecule has 86 valence electrons. The van der Waals surface area contributed by atoms with Crippen LogP contribution in [0.4, 0.5) is 10.1 Å². The van der Waals surface area contributed by atoms with E-state index in [1.165, 1.54) is 18.2 Å². The minimum atomic E-state index is -0.352. The smallest absolute Gasteiger partial charge is 0.255 e. The van der Waals surface area contributed by atoms with E-state index in [0.717, 1.165) is 0 Å². The van der Waals surface area contributed by atoms with Gasteiger partial charge in [-0.3, -0.25) is 4.79 Å². The van der Waals surface area contributed by atoms with Crippen LogP contribution in [0.1, 0.15) is 10.4 Å². The predicted octanol–water partition coefficient (Wildman–Crippen LogP) is 3.84. The second-order valence-electron chi connectivity index (χ2n) is 3.44. The van der Waals surface area contributed by atoms with Gasteiger partial charge >= 0.3 is 0 Å². The Morgan fingerprint density at radius 2 is 1.82 bits per heavy atom. The summed E-state index contributed by atoms with van der Waals surface area (Å²) in [5, 5.41) is 2.70. The minimum absolute atomic E-state index is 0.224. The maximum absolute atomic E-state index is 12.9. The SMILES string of the molecule is O=C(Nc1ccc(F)cc1Br)c1ccccc1. The van der Waals surface area contributed by atoms with E-state index in [-0.39, 0.29) is 11.7 Å². The summed E-state index contributed by atoms with van der Waals surface area (Å²) in [7, 11) is 0. The molecule has 0 aliphatic carbocycles. The fourth-order valence-electron chi connectivity index (χ4n) is 1.37. The third-order valence-corrected chi connectivity index (χ3v) is 2.87. The van der Waals surface area contributed by atoms with Crippen LogP contribution < -0.4 is 5.32 Å². The Morgan fingerprint density at radius 1 is 1.12 bits per heavy atom. The molecule has 0 bridgehead atoms. The molecule has 0 aliphatic rings. The van der Waals surface area contributed by atoms with Crippen molar-refractivity contribution in [3.05, 3.63) is 64.4 Å². The van der Waals surface area contributed by atoms with Crippen molar-refractivity contribution >= 4 is 27.5 Å². The van der Waals surface area contributed by atoms with Gasteiger partial charge in [-0.1, -0.05) is 18.2 Å². The molecule has 0 radical (unpaired) electrons. The molecular formula is C13H9BrFNO. The van der Waals surface area contributed by atoms with E-state index in [4.69, 9.17) is 0 Å². The molecule has 2 nitrogen and oxygen atoms in total. The van der Waals surface area contributed by atoms with Crippen LogP contribution in [0.3, 0.4) is 0 Å². The number of carbonyl (C=O) groups is 1. The van der Waals surface area contributed by atoms with Gasteiger partial charge in [-0.05, 0) is 46.3 Å². The highest BCUT2D eigenvalue weighted by Gasteiger charge is 2.07. The van der Waals surface area contributed by atoms with Crippen molar-refractivity contribution in [1.29, 1.82) is 0 Å². The summed E-state index contributed by atoms with van der Waals surface area (Å²) >= 11 is 3.19. The molecule has 0 saturated heterocycles. The number of amides is 1. The van der Waals surface area contributed by atoms with E-state index in [1.807, 2.05) is 6.07 Å². The van der Waals surface area contributed by atoms with Crippen LogP contribution >= 0.6 is 15.9 Å². The first-order valence-corrected chi connectivity index (χ1v) is 5.77. The lowest BCUT2D eigenvalue weighted by atomic mass is 10.2. The van der Waals surface area contributed by atoms with Crippen molar-refractivity contribution in [3.8, 4) is 0 Å². The highest BCUT2D eigenvalue weighted by Crippen LogP contribution is 2.23. The van der Waals surface area contributed by atoms with Gasteiger partial charge in [-0.15, -0.1) is 0 Å². The van der Waals surface area contributed by atoms with Crippen LogP contribution in [0.15, 0.2) is 53.0 Å². The third-order valence-electron chi connectivity index (χ3n) is 2.22. The average molecular weight is 294 g/mol. The Hall–Kier alpha value is -1.68.